The van der Waals surface area contributed by atoms with Crippen molar-refractivity contribution in [1.82, 2.24) is 10.2 Å². The number of rotatable bonds is 5. The highest BCUT2D eigenvalue weighted by molar-refractivity contribution is 5.77. The van der Waals surface area contributed by atoms with E-state index in [4.69, 9.17) is 10.5 Å². The number of ether oxygens (including phenoxy) is 1. The van der Waals surface area contributed by atoms with Crippen LogP contribution in [-0.2, 0) is 4.74 Å². The summed E-state index contributed by atoms with van der Waals surface area (Å²) in [6, 6.07) is 0. The predicted molar refractivity (Wildman–Crippen MR) is 66.6 cm³/mol. The van der Waals surface area contributed by atoms with Gasteiger partial charge in [0.15, 0.2) is 5.96 Å². The molecule has 5 heteroatoms. The van der Waals surface area contributed by atoms with Gasteiger partial charge in [-0.25, -0.2) is 0 Å². The zero-order chi connectivity index (χ0) is 11.8. The van der Waals surface area contributed by atoms with Crippen LogP contribution in [0.5, 0.6) is 0 Å². The average molecular weight is 228 g/mol. The molecule has 1 unspecified atom stereocenters. The Hall–Kier alpha value is -0.810. The normalized spacial score (nSPS) is 23.4. The van der Waals surface area contributed by atoms with Gasteiger partial charge in [-0.1, -0.05) is 13.3 Å². The Morgan fingerprint density at radius 3 is 3.12 bits per heavy atom. The number of hydrogen-bond donors (Lipinski definition) is 2. The van der Waals surface area contributed by atoms with Crippen LogP contribution in [0.3, 0.4) is 0 Å². The molecule has 0 amide bonds. The van der Waals surface area contributed by atoms with E-state index in [1.165, 1.54) is 0 Å². The summed E-state index contributed by atoms with van der Waals surface area (Å²) in [6.07, 6.45) is 2.47. The Bertz CT molecular complexity index is 220. The van der Waals surface area contributed by atoms with Crippen LogP contribution in [-0.4, -0.2) is 56.8 Å². The monoisotopic (exact) mass is 228 g/mol. The highest BCUT2D eigenvalue weighted by Crippen LogP contribution is 2.02. The summed E-state index contributed by atoms with van der Waals surface area (Å²) in [6.45, 7) is 6.43. The second-order valence-electron chi connectivity index (χ2n) is 4.26. The van der Waals surface area contributed by atoms with Crippen LogP contribution in [0.15, 0.2) is 4.99 Å². The Morgan fingerprint density at radius 1 is 1.62 bits per heavy atom. The van der Waals surface area contributed by atoms with Gasteiger partial charge in [-0.05, 0) is 13.5 Å². The molecule has 5 nitrogen and oxygen atoms in total. The van der Waals surface area contributed by atoms with Crippen molar-refractivity contribution in [2.45, 2.75) is 25.9 Å². The van der Waals surface area contributed by atoms with Gasteiger partial charge in [-0.15, -0.1) is 0 Å². The third kappa shape index (κ3) is 5.32. The molecule has 0 radical (unpaired) electrons. The molecule has 0 spiro atoms. The topological polar surface area (TPSA) is 62.9 Å². The lowest BCUT2D eigenvalue weighted by Gasteiger charge is -2.29. The Balaban J connectivity index is 2.18. The van der Waals surface area contributed by atoms with Crippen molar-refractivity contribution in [3.05, 3.63) is 0 Å². The number of nitrogens with one attached hydrogen (secondary N) is 1. The van der Waals surface area contributed by atoms with Gasteiger partial charge in [0.1, 0.15) is 0 Å². The van der Waals surface area contributed by atoms with Gasteiger partial charge < -0.3 is 20.7 Å². The summed E-state index contributed by atoms with van der Waals surface area (Å²) >= 11 is 0. The molecule has 16 heavy (non-hydrogen) atoms. The molecule has 1 aliphatic rings. The summed E-state index contributed by atoms with van der Waals surface area (Å²) < 4.78 is 5.59. The first-order valence-electron chi connectivity index (χ1n) is 6.06. The average Bonchev–Trinajstić information content (AvgIpc) is 2.27. The van der Waals surface area contributed by atoms with E-state index in [-0.39, 0.29) is 6.10 Å². The maximum absolute atomic E-state index is 5.74. The number of morpholine rings is 1. The minimum atomic E-state index is 0.185. The fraction of sp³-hybridized carbons (Fsp3) is 0.909. The van der Waals surface area contributed by atoms with Crippen molar-refractivity contribution >= 4 is 5.96 Å². The molecule has 0 aromatic heterocycles. The molecule has 1 aliphatic heterocycles. The maximum Gasteiger partial charge on any atom is 0.188 e. The molecule has 0 aromatic rings. The standard InChI is InChI=1S/C11H24N4O/c1-3-4-5-13-11(12)14-8-10-9-15(2)6-7-16-10/h10H,3-9H2,1-2H3,(H3,12,13,14). The summed E-state index contributed by atoms with van der Waals surface area (Å²) in [5.74, 6) is 0.533. The highest BCUT2D eigenvalue weighted by atomic mass is 16.5. The van der Waals surface area contributed by atoms with Gasteiger partial charge in [-0.2, -0.15) is 0 Å². The lowest BCUT2D eigenvalue weighted by atomic mass is 10.3. The second kappa shape index (κ2) is 7.46. The van der Waals surface area contributed by atoms with E-state index in [0.717, 1.165) is 39.1 Å². The fourth-order valence-corrected chi connectivity index (χ4v) is 1.63. The van der Waals surface area contributed by atoms with Crippen molar-refractivity contribution in [2.75, 3.05) is 39.8 Å². The zero-order valence-corrected chi connectivity index (χ0v) is 10.4. The Labute approximate surface area is 98.0 Å². The van der Waals surface area contributed by atoms with E-state index in [2.05, 4.69) is 29.2 Å². The maximum atomic E-state index is 5.74. The molecule has 1 fully saturated rings. The van der Waals surface area contributed by atoms with E-state index >= 15 is 0 Å². The SMILES string of the molecule is CCCCNC(N)=NCC1CN(C)CCO1. The number of nitrogens with two attached hydrogens (primary N) is 1. The Morgan fingerprint density at radius 2 is 2.44 bits per heavy atom. The molecule has 94 valence electrons. The van der Waals surface area contributed by atoms with Crippen molar-refractivity contribution in [3.8, 4) is 0 Å². The van der Waals surface area contributed by atoms with Gasteiger partial charge in [0.05, 0.1) is 19.3 Å². The molecule has 0 saturated carbocycles. The molecule has 0 aliphatic carbocycles. The van der Waals surface area contributed by atoms with Gasteiger partial charge in [0.25, 0.3) is 0 Å². The van der Waals surface area contributed by atoms with Crippen LogP contribution in [0.2, 0.25) is 0 Å². The van der Waals surface area contributed by atoms with Gasteiger partial charge in [0, 0.05) is 19.6 Å². The molecule has 1 rings (SSSR count). The molecule has 0 aromatic carbocycles. The van der Waals surface area contributed by atoms with Crippen molar-refractivity contribution in [1.29, 1.82) is 0 Å². The van der Waals surface area contributed by atoms with Crippen LogP contribution < -0.4 is 11.1 Å². The highest BCUT2D eigenvalue weighted by Gasteiger charge is 2.16. The second-order valence-corrected chi connectivity index (χ2v) is 4.26. The van der Waals surface area contributed by atoms with Crippen LogP contribution >= 0.6 is 0 Å². The van der Waals surface area contributed by atoms with E-state index < -0.39 is 0 Å². The lowest BCUT2D eigenvalue weighted by Crippen LogP contribution is -2.42. The first-order valence-corrected chi connectivity index (χ1v) is 6.06. The summed E-state index contributed by atoms with van der Waals surface area (Å²) in [5.41, 5.74) is 5.74. The lowest BCUT2D eigenvalue weighted by molar-refractivity contribution is -0.0136. The minimum absolute atomic E-state index is 0.185. The Kier molecular flexibility index (Phi) is 6.18. The number of likely N-dealkylation sites (N-methyl/N-ethyl adjacent to an activating group) is 1. The quantitative estimate of drug-likeness (QED) is 0.396. The number of hydrogen-bond acceptors (Lipinski definition) is 3. The van der Waals surface area contributed by atoms with Crippen molar-refractivity contribution < 1.29 is 4.74 Å². The number of nitrogens with zero attached hydrogens (tertiary/aromatic N) is 2. The number of aliphatic imine (C=N–C) groups is 1. The summed E-state index contributed by atoms with van der Waals surface area (Å²) in [5, 5.41) is 3.09. The third-order valence-electron chi connectivity index (χ3n) is 2.64. The third-order valence-corrected chi connectivity index (χ3v) is 2.64. The van der Waals surface area contributed by atoms with E-state index in [1.54, 1.807) is 0 Å². The first kappa shape index (κ1) is 13.3. The van der Waals surface area contributed by atoms with E-state index in [1.807, 2.05) is 0 Å². The van der Waals surface area contributed by atoms with Crippen LogP contribution in [0, 0.1) is 0 Å². The van der Waals surface area contributed by atoms with E-state index in [0.29, 0.717) is 12.5 Å². The van der Waals surface area contributed by atoms with E-state index in [9.17, 15) is 0 Å². The van der Waals surface area contributed by atoms with Gasteiger partial charge in [-0.3, -0.25) is 4.99 Å². The fourth-order valence-electron chi connectivity index (χ4n) is 1.63. The van der Waals surface area contributed by atoms with Gasteiger partial charge in [0.2, 0.25) is 0 Å². The van der Waals surface area contributed by atoms with Gasteiger partial charge >= 0.3 is 0 Å². The first-order chi connectivity index (χ1) is 7.72. The summed E-state index contributed by atoms with van der Waals surface area (Å²) in [4.78, 5) is 6.54. The smallest absolute Gasteiger partial charge is 0.188 e. The minimum Gasteiger partial charge on any atom is -0.374 e. The van der Waals surface area contributed by atoms with Crippen molar-refractivity contribution in [2.24, 2.45) is 10.7 Å². The van der Waals surface area contributed by atoms with Crippen LogP contribution in [0.1, 0.15) is 19.8 Å². The summed E-state index contributed by atoms with van der Waals surface area (Å²) in [7, 11) is 2.10. The molecule has 0 bridgehead atoms. The number of guanidine groups is 1. The number of unbranched alkanes of at least 4 members (excludes halogenated alkanes) is 1. The molecule has 3 N–H and O–H groups in total. The molecule has 1 atom stereocenters. The predicted octanol–water partition coefficient (Wildman–Crippen LogP) is 0.0214. The zero-order valence-electron chi connectivity index (χ0n) is 10.4. The van der Waals surface area contributed by atoms with Crippen LogP contribution in [0.4, 0.5) is 0 Å². The largest absolute Gasteiger partial charge is 0.374 e. The van der Waals surface area contributed by atoms with Crippen LogP contribution in [0.25, 0.3) is 0 Å². The molecule has 1 heterocycles. The molecular formula is C11H24N4O. The van der Waals surface area contributed by atoms with Crippen molar-refractivity contribution in [3.63, 3.8) is 0 Å². The molecule has 1 saturated heterocycles. The molecular weight excluding hydrogens is 204 g/mol.